The minimum absolute atomic E-state index is 0.186. The van der Waals surface area contributed by atoms with Crippen molar-refractivity contribution in [1.29, 1.82) is 0 Å². The molecule has 0 aromatic carbocycles. The number of rotatable bonds is 7. The molecule has 7 heteroatoms. The molecule has 0 saturated carbocycles. The van der Waals surface area contributed by atoms with Gasteiger partial charge in [-0.15, -0.1) is 0 Å². The lowest BCUT2D eigenvalue weighted by atomic mass is 10.3. The van der Waals surface area contributed by atoms with Gasteiger partial charge in [0.1, 0.15) is 0 Å². The van der Waals surface area contributed by atoms with Gasteiger partial charge in [-0.1, -0.05) is 6.92 Å². The lowest BCUT2D eigenvalue weighted by Gasteiger charge is -2.14. The normalized spacial score (nSPS) is 13.9. The van der Waals surface area contributed by atoms with Gasteiger partial charge in [0.15, 0.2) is 5.75 Å². The van der Waals surface area contributed by atoms with Crippen molar-refractivity contribution in [3.05, 3.63) is 0 Å². The van der Waals surface area contributed by atoms with Gasteiger partial charge in [-0.2, -0.15) is 11.8 Å². The van der Waals surface area contributed by atoms with Crippen LogP contribution in [0.3, 0.4) is 0 Å². The van der Waals surface area contributed by atoms with Crippen LogP contribution in [0, 0.1) is 0 Å². The highest BCUT2D eigenvalue weighted by Gasteiger charge is 2.19. The molecule has 0 bridgehead atoms. The maximum absolute atomic E-state index is 11.2. The Hall–Kier alpha value is -0.270. The molecule has 0 aliphatic rings. The average Bonchev–Trinajstić information content (AvgIpc) is 2.00. The second kappa shape index (κ2) is 6.26. The molecular weight excluding hydrogens is 226 g/mol. The molecule has 0 aromatic heterocycles. The molecule has 0 heterocycles. The van der Waals surface area contributed by atoms with Crippen LogP contribution in [0.2, 0.25) is 0 Å². The molecule has 0 radical (unpaired) electrons. The summed E-state index contributed by atoms with van der Waals surface area (Å²) < 4.78 is 24.7. The van der Waals surface area contributed by atoms with Crippen molar-refractivity contribution >= 4 is 27.8 Å². The second-order valence-electron chi connectivity index (χ2n) is 2.83. The maximum atomic E-state index is 11.2. The predicted molar refractivity (Wildman–Crippen MR) is 57.0 cm³/mol. The van der Waals surface area contributed by atoms with Gasteiger partial charge in [0.2, 0.25) is 10.0 Å². The Kier molecular flexibility index (Phi) is 6.14. The highest BCUT2D eigenvalue weighted by atomic mass is 32.2. The third-order valence-electron chi connectivity index (χ3n) is 1.52. The smallest absolute Gasteiger partial charge is 0.320 e. The van der Waals surface area contributed by atoms with E-state index in [0.29, 0.717) is 12.2 Å². The van der Waals surface area contributed by atoms with Gasteiger partial charge in [-0.05, 0) is 12.7 Å². The Morgan fingerprint density at radius 3 is 2.50 bits per heavy atom. The molecule has 0 aliphatic carbocycles. The third-order valence-corrected chi connectivity index (χ3v) is 3.58. The van der Waals surface area contributed by atoms with E-state index in [1.807, 2.05) is 13.2 Å². The summed E-state index contributed by atoms with van der Waals surface area (Å²) in [6, 6.07) is -0.186. The predicted octanol–water partition coefficient (Wildman–Crippen LogP) is 0.132. The summed E-state index contributed by atoms with van der Waals surface area (Å²) in [7, 11) is -3.68. The Morgan fingerprint density at radius 2 is 2.14 bits per heavy atom. The number of carboxylic acid groups (broad SMARTS) is 1. The Morgan fingerprint density at radius 1 is 1.57 bits per heavy atom. The zero-order chi connectivity index (χ0) is 11.2. The summed E-state index contributed by atoms with van der Waals surface area (Å²) in [5.41, 5.74) is 0. The monoisotopic (exact) mass is 241 g/mol. The maximum Gasteiger partial charge on any atom is 0.320 e. The van der Waals surface area contributed by atoms with Crippen LogP contribution in [-0.4, -0.2) is 43.3 Å². The van der Waals surface area contributed by atoms with Crippen LogP contribution in [0.15, 0.2) is 0 Å². The molecule has 2 N–H and O–H groups in total. The summed E-state index contributed by atoms with van der Waals surface area (Å²) >= 11 is 1.52. The van der Waals surface area contributed by atoms with Crippen molar-refractivity contribution in [3.63, 3.8) is 0 Å². The first-order valence-electron chi connectivity index (χ1n) is 4.12. The van der Waals surface area contributed by atoms with E-state index >= 15 is 0 Å². The van der Waals surface area contributed by atoms with Crippen LogP contribution in [-0.2, 0) is 14.8 Å². The van der Waals surface area contributed by atoms with E-state index in [-0.39, 0.29) is 6.04 Å². The van der Waals surface area contributed by atoms with Gasteiger partial charge in [0.25, 0.3) is 0 Å². The van der Waals surface area contributed by atoms with Gasteiger partial charge >= 0.3 is 5.97 Å². The largest absolute Gasteiger partial charge is 0.480 e. The lowest BCUT2D eigenvalue weighted by molar-refractivity contribution is -0.134. The van der Waals surface area contributed by atoms with E-state index in [1.54, 1.807) is 0 Å². The Balaban J connectivity index is 4.25. The third kappa shape index (κ3) is 6.22. The van der Waals surface area contributed by atoms with E-state index in [0.717, 1.165) is 0 Å². The van der Waals surface area contributed by atoms with Crippen LogP contribution in [0.5, 0.6) is 0 Å². The lowest BCUT2D eigenvalue weighted by Crippen LogP contribution is -2.39. The standard InChI is InChI=1S/C7H15NO4S2/c1-3-6(4-13-2)8-14(11,12)5-7(9)10/h6,8H,3-5H2,1-2H3,(H,9,10). The number of sulfonamides is 1. The second-order valence-corrected chi connectivity index (χ2v) is 5.50. The zero-order valence-electron chi connectivity index (χ0n) is 8.19. The first kappa shape index (κ1) is 13.7. The fraction of sp³-hybridized carbons (Fsp3) is 0.857. The first-order chi connectivity index (χ1) is 6.41. The van der Waals surface area contributed by atoms with E-state index in [9.17, 15) is 13.2 Å². The van der Waals surface area contributed by atoms with Crippen LogP contribution in [0.1, 0.15) is 13.3 Å². The highest BCUT2D eigenvalue weighted by molar-refractivity contribution is 7.98. The zero-order valence-corrected chi connectivity index (χ0v) is 9.82. The molecule has 0 aliphatic heterocycles. The van der Waals surface area contributed by atoms with Crippen molar-refractivity contribution < 1.29 is 18.3 Å². The van der Waals surface area contributed by atoms with Crippen LogP contribution < -0.4 is 4.72 Å². The van der Waals surface area contributed by atoms with Gasteiger partial charge in [0, 0.05) is 11.8 Å². The molecule has 5 nitrogen and oxygen atoms in total. The number of aliphatic carboxylic acids is 1. The Labute approximate surface area is 88.3 Å². The minimum Gasteiger partial charge on any atom is -0.480 e. The molecule has 14 heavy (non-hydrogen) atoms. The molecule has 0 aromatic rings. The minimum atomic E-state index is -3.68. The molecule has 0 saturated heterocycles. The van der Waals surface area contributed by atoms with Crippen molar-refractivity contribution in [2.75, 3.05) is 17.8 Å². The summed E-state index contributed by atoms with van der Waals surface area (Å²) in [6.07, 6.45) is 2.52. The fourth-order valence-electron chi connectivity index (χ4n) is 0.895. The Bertz CT molecular complexity index is 275. The van der Waals surface area contributed by atoms with E-state index in [2.05, 4.69) is 4.72 Å². The molecule has 1 unspecified atom stereocenters. The van der Waals surface area contributed by atoms with Crippen molar-refractivity contribution in [2.24, 2.45) is 0 Å². The number of carbonyl (C=O) groups is 1. The van der Waals surface area contributed by atoms with Crippen molar-refractivity contribution in [3.8, 4) is 0 Å². The quantitative estimate of drug-likeness (QED) is 0.662. The SMILES string of the molecule is CCC(CSC)NS(=O)(=O)CC(=O)O. The number of thioether (sulfide) groups is 1. The summed E-state index contributed by atoms with van der Waals surface area (Å²) in [6.45, 7) is 1.85. The summed E-state index contributed by atoms with van der Waals surface area (Å²) in [5.74, 6) is -1.55. The van der Waals surface area contributed by atoms with Gasteiger partial charge in [-0.3, -0.25) is 4.79 Å². The topological polar surface area (TPSA) is 83.5 Å². The van der Waals surface area contributed by atoms with E-state index in [4.69, 9.17) is 5.11 Å². The average molecular weight is 241 g/mol. The van der Waals surface area contributed by atoms with Gasteiger partial charge in [0.05, 0.1) is 0 Å². The van der Waals surface area contributed by atoms with Crippen molar-refractivity contribution in [1.82, 2.24) is 4.72 Å². The molecule has 0 spiro atoms. The molecular formula is C7H15NO4S2. The number of nitrogens with one attached hydrogen (secondary N) is 1. The van der Waals surface area contributed by atoms with Gasteiger partial charge < -0.3 is 5.11 Å². The number of hydrogen-bond donors (Lipinski definition) is 2. The summed E-state index contributed by atoms with van der Waals surface area (Å²) in [4.78, 5) is 10.2. The van der Waals surface area contributed by atoms with Crippen molar-refractivity contribution in [2.45, 2.75) is 19.4 Å². The molecule has 0 amide bonds. The van der Waals surface area contributed by atoms with Crippen LogP contribution >= 0.6 is 11.8 Å². The number of carboxylic acids is 1. The number of hydrogen-bond acceptors (Lipinski definition) is 4. The molecule has 84 valence electrons. The molecule has 1 atom stereocenters. The van der Waals surface area contributed by atoms with E-state index < -0.39 is 21.7 Å². The van der Waals surface area contributed by atoms with Crippen LogP contribution in [0.25, 0.3) is 0 Å². The van der Waals surface area contributed by atoms with Crippen LogP contribution in [0.4, 0.5) is 0 Å². The fourth-order valence-corrected chi connectivity index (χ4v) is 2.89. The van der Waals surface area contributed by atoms with Gasteiger partial charge in [-0.25, -0.2) is 13.1 Å². The molecule has 0 rings (SSSR count). The molecule has 0 fully saturated rings. The highest BCUT2D eigenvalue weighted by Crippen LogP contribution is 2.02. The van der Waals surface area contributed by atoms with E-state index in [1.165, 1.54) is 11.8 Å². The first-order valence-corrected chi connectivity index (χ1v) is 7.16. The summed E-state index contributed by atoms with van der Waals surface area (Å²) in [5, 5.41) is 8.34.